The molecule has 1 rings (SSSR count). The smallest absolute Gasteiger partial charge is 0.0598 e. The fourth-order valence-corrected chi connectivity index (χ4v) is 2.28. The summed E-state index contributed by atoms with van der Waals surface area (Å²) in [5, 5.41) is 3.50. The predicted molar refractivity (Wildman–Crippen MR) is 71.4 cm³/mol. The zero-order valence-corrected chi connectivity index (χ0v) is 12.0. The van der Waals surface area contributed by atoms with Crippen molar-refractivity contribution in [1.29, 1.82) is 0 Å². The molecule has 17 heavy (non-hydrogen) atoms. The molecule has 0 spiro atoms. The van der Waals surface area contributed by atoms with Gasteiger partial charge in [0.2, 0.25) is 0 Å². The molecule has 102 valence electrons. The molecule has 1 aliphatic heterocycles. The van der Waals surface area contributed by atoms with E-state index in [1.165, 1.54) is 0 Å². The van der Waals surface area contributed by atoms with E-state index in [1.807, 2.05) is 0 Å². The molecular formula is C14H29NO2. The van der Waals surface area contributed by atoms with Crippen LogP contribution < -0.4 is 5.32 Å². The molecule has 0 aromatic heterocycles. The number of hydrogen-bond donors (Lipinski definition) is 1. The summed E-state index contributed by atoms with van der Waals surface area (Å²) in [4.78, 5) is 0. The Bertz CT molecular complexity index is 205. The lowest BCUT2D eigenvalue weighted by Gasteiger charge is -2.38. The van der Waals surface area contributed by atoms with Gasteiger partial charge in [-0.2, -0.15) is 0 Å². The Morgan fingerprint density at radius 2 is 1.88 bits per heavy atom. The van der Waals surface area contributed by atoms with Crippen molar-refractivity contribution in [3.05, 3.63) is 0 Å². The van der Waals surface area contributed by atoms with Gasteiger partial charge in [0.15, 0.2) is 0 Å². The molecule has 3 nitrogen and oxygen atoms in total. The van der Waals surface area contributed by atoms with E-state index in [2.05, 4.69) is 33.0 Å². The van der Waals surface area contributed by atoms with Gasteiger partial charge in [-0.25, -0.2) is 0 Å². The minimum Gasteiger partial charge on any atom is -0.381 e. The van der Waals surface area contributed by atoms with E-state index < -0.39 is 0 Å². The van der Waals surface area contributed by atoms with E-state index in [-0.39, 0.29) is 5.60 Å². The van der Waals surface area contributed by atoms with Crippen molar-refractivity contribution in [1.82, 2.24) is 5.32 Å². The van der Waals surface area contributed by atoms with Crippen molar-refractivity contribution >= 4 is 0 Å². The lowest BCUT2D eigenvalue weighted by atomic mass is 9.77. The predicted octanol–water partition coefficient (Wildman–Crippen LogP) is 2.60. The summed E-state index contributed by atoms with van der Waals surface area (Å²) in [7, 11) is 0. The van der Waals surface area contributed by atoms with Gasteiger partial charge in [-0.1, -0.05) is 6.92 Å². The number of hydrogen-bond acceptors (Lipinski definition) is 3. The summed E-state index contributed by atoms with van der Waals surface area (Å²) in [6, 6.07) is 0. The fourth-order valence-electron chi connectivity index (χ4n) is 2.28. The van der Waals surface area contributed by atoms with Gasteiger partial charge < -0.3 is 14.8 Å². The summed E-state index contributed by atoms with van der Waals surface area (Å²) in [5.74, 6) is 0. The number of ether oxygens (including phenoxy) is 2. The molecule has 0 aromatic carbocycles. The minimum absolute atomic E-state index is 0.0233. The van der Waals surface area contributed by atoms with Gasteiger partial charge in [-0.15, -0.1) is 0 Å². The molecule has 3 heteroatoms. The zero-order valence-electron chi connectivity index (χ0n) is 12.0. The van der Waals surface area contributed by atoms with Gasteiger partial charge in [-0.3, -0.25) is 0 Å². The first-order chi connectivity index (χ1) is 7.97. The monoisotopic (exact) mass is 243 g/mol. The van der Waals surface area contributed by atoms with Crippen molar-refractivity contribution in [3.63, 3.8) is 0 Å². The highest BCUT2D eigenvalue weighted by atomic mass is 16.5. The topological polar surface area (TPSA) is 30.5 Å². The Kier molecular flexibility index (Phi) is 5.90. The molecule has 0 unspecified atom stereocenters. The van der Waals surface area contributed by atoms with Gasteiger partial charge in [0, 0.05) is 26.4 Å². The molecular weight excluding hydrogens is 214 g/mol. The van der Waals surface area contributed by atoms with Crippen LogP contribution in [0, 0.1) is 5.41 Å². The van der Waals surface area contributed by atoms with Crippen LogP contribution in [0.4, 0.5) is 0 Å². The summed E-state index contributed by atoms with van der Waals surface area (Å²) < 4.78 is 11.4. The standard InChI is InChI=1S/C14H29NO2/c1-5-15-12-14(6-9-16-10-7-14)8-11-17-13(2,3)4/h15H,5-12H2,1-4H3. The highest BCUT2D eigenvalue weighted by molar-refractivity contribution is 4.84. The molecule has 1 fully saturated rings. The second-order valence-electron chi connectivity index (χ2n) is 6.10. The average Bonchev–Trinajstić information content (AvgIpc) is 2.26. The second kappa shape index (κ2) is 6.72. The van der Waals surface area contributed by atoms with E-state index in [0.717, 1.165) is 52.2 Å². The molecule has 0 aliphatic carbocycles. The lowest BCUT2D eigenvalue weighted by molar-refractivity contribution is -0.0430. The summed E-state index contributed by atoms with van der Waals surface area (Å²) in [6.45, 7) is 13.3. The Balaban J connectivity index is 2.40. The van der Waals surface area contributed by atoms with E-state index in [0.29, 0.717) is 5.41 Å². The van der Waals surface area contributed by atoms with Crippen LogP contribution in [0.3, 0.4) is 0 Å². The third kappa shape index (κ3) is 5.84. The zero-order chi connectivity index (χ0) is 12.8. The maximum atomic E-state index is 5.87. The van der Waals surface area contributed by atoms with E-state index >= 15 is 0 Å². The molecule has 0 amide bonds. The van der Waals surface area contributed by atoms with Gasteiger partial charge in [0.1, 0.15) is 0 Å². The van der Waals surface area contributed by atoms with Crippen LogP contribution in [0.2, 0.25) is 0 Å². The Morgan fingerprint density at radius 1 is 1.24 bits per heavy atom. The van der Waals surface area contributed by atoms with Crippen LogP contribution in [0.5, 0.6) is 0 Å². The molecule has 1 aliphatic rings. The van der Waals surface area contributed by atoms with Crippen LogP contribution in [-0.2, 0) is 9.47 Å². The van der Waals surface area contributed by atoms with Crippen LogP contribution in [0.1, 0.15) is 47.0 Å². The summed E-state index contributed by atoms with van der Waals surface area (Å²) in [6.07, 6.45) is 3.46. The Hall–Kier alpha value is -0.120. The molecule has 1 saturated heterocycles. The molecule has 0 saturated carbocycles. The maximum absolute atomic E-state index is 5.87. The first-order valence-electron chi connectivity index (χ1n) is 6.90. The molecule has 0 aromatic rings. The Labute approximate surface area is 106 Å². The van der Waals surface area contributed by atoms with Crippen molar-refractivity contribution in [2.24, 2.45) is 5.41 Å². The molecule has 0 bridgehead atoms. The highest BCUT2D eigenvalue weighted by Gasteiger charge is 2.32. The lowest BCUT2D eigenvalue weighted by Crippen LogP contribution is -2.40. The summed E-state index contributed by atoms with van der Waals surface area (Å²) >= 11 is 0. The van der Waals surface area contributed by atoms with Crippen LogP contribution in [0.25, 0.3) is 0 Å². The first-order valence-corrected chi connectivity index (χ1v) is 6.90. The van der Waals surface area contributed by atoms with Crippen molar-refractivity contribution < 1.29 is 9.47 Å². The largest absolute Gasteiger partial charge is 0.381 e. The van der Waals surface area contributed by atoms with Crippen LogP contribution in [-0.4, -0.2) is 38.5 Å². The first kappa shape index (κ1) is 14.9. The second-order valence-corrected chi connectivity index (χ2v) is 6.10. The Morgan fingerprint density at radius 3 is 2.41 bits per heavy atom. The third-order valence-corrected chi connectivity index (χ3v) is 3.47. The highest BCUT2D eigenvalue weighted by Crippen LogP contribution is 2.34. The SMILES string of the molecule is CCNCC1(CCOC(C)(C)C)CCOCC1. The summed E-state index contributed by atoms with van der Waals surface area (Å²) in [5.41, 5.74) is 0.365. The number of nitrogens with one attached hydrogen (secondary N) is 1. The van der Waals surface area contributed by atoms with Crippen LogP contribution in [0.15, 0.2) is 0 Å². The van der Waals surface area contributed by atoms with Gasteiger partial charge in [0.25, 0.3) is 0 Å². The van der Waals surface area contributed by atoms with Gasteiger partial charge in [-0.05, 0) is 52.0 Å². The quantitative estimate of drug-likeness (QED) is 0.778. The maximum Gasteiger partial charge on any atom is 0.0598 e. The molecule has 0 radical (unpaired) electrons. The molecule has 0 atom stereocenters. The number of rotatable bonds is 6. The van der Waals surface area contributed by atoms with E-state index in [9.17, 15) is 0 Å². The third-order valence-electron chi connectivity index (χ3n) is 3.47. The molecule has 1 N–H and O–H groups in total. The van der Waals surface area contributed by atoms with Crippen molar-refractivity contribution in [2.45, 2.75) is 52.6 Å². The van der Waals surface area contributed by atoms with E-state index in [4.69, 9.17) is 9.47 Å². The van der Waals surface area contributed by atoms with Gasteiger partial charge >= 0.3 is 0 Å². The van der Waals surface area contributed by atoms with E-state index in [1.54, 1.807) is 0 Å². The average molecular weight is 243 g/mol. The van der Waals surface area contributed by atoms with Crippen molar-refractivity contribution in [2.75, 3.05) is 32.9 Å². The van der Waals surface area contributed by atoms with Gasteiger partial charge in [0.05, 0.1) is 5.60 Å². The normalized spacial score (nSPS) is 20.5. The van der Waals surface area contributed by atoms with Crippen molar-refractivity contribution in [3.8, 4) is 0 Å². The minimum atomic E-state index is -0.0233. The molecule has 1 heterocycles. The fraction of sp³-hybridized carbons (Fsp3) is 1.00. The van der Waals surface area contributed by atoms with Crippen LogP contribution >= 0.6 is 0 Å².